The van der Waals surface area contributed by atoms with Crippen molar-refractivity contribution in [3.05, 3.63) is 0 Å². The van der Waals surface area contributed by atoms with Crippen LogP contribution in [0.1, 0.15) is 45.4 Å². The van der Waals surface area contributed by atoms with Crippen LogP contribution >= 0.6 is 0 Å². The lowest BCUT2D eigenvalue weighted by Gasteiger charge is -2.30. The first-order chi connectivity index (χ1) is 9.69. The lowest BCUT2D eigenvalue weighted by Crippen LogP contribution is -2.49. The number of nitrogens with zero attached hydrogens (tertiary/aromatic N) is 1. The number of piperidine rings is 2. The maximum Gasteiger partial charge on any atom is 0.237 e. The number of hydrogen-bond donors (Lipinski definition) is 2. The molecule has 2 fully saturated rings. The van der Waals surface area contributed by atoms with Gasteiger partial charge in [-0.3, -0.25) is 4.79 Å². The van der Waals surface area contributed by atoms with Crippen LogP contribution in [0.2, 0.25) is 0 Å². The summed E-state index contributed by atoms with van der Waals surface area (Å²) in [6.07, 6.45) is 7.13. The van der Waals surface area contributed by atoms with Crippen LogP contribution < -0.4 is 10.6 Å². The zero-order valence-corrected chi connectivity index (χ0v) is 13.2. The monoisotopic (exact) mass is 281 g/mol. The van der Waals surface area contributed by atoms with E-state index in [1.165, 1.54) is 38.8 Å². The second kappa shape index (κ2) is 7.99. The van der Waals surface area contributed by atoms with Gasteiger partial charge in [-0.25, -0.2) is 0 Å². The van der Waals surface area contributed by atoms with Gasteiger partial charge in [0.05, 0.1) is 6.04 Å². The number of rotatable bonds is 5. The molecule has 2 unspecified atom stereocenters. The average Bonchev–Trinajstić information content (AvgIpc) is 2.49. The Morgan fingerprint density at radius 2 is 2.00 bits per heavy atom. The minimum Gasteiger partial charge on any atom is -0.355 e. The molecular formula is C16H31N3O. The van der Waals surface area contributed by atoms with E-state index in [0.717, 1.165) is 37.8 Å². The summed E-state index contributed by atoms with van der Waals surface area (Å²) in [6.45, 7) is 6.49. The minimum absolute atomic E-state index is 0.0474. The van der Waals surface area contributed by atoms with E-state index >= 15 is 0 Å². The molecule has 0 spiro atoms. The molecule has 0 bridgehead atoms. The quantitative estimate of drug-likeness (QED) is 0.805. The Balaban J connectivity index is 1.62. The summed E-state index contributed by atoms with van der Waals surface area (Å²) in [7, 11) is 2.19. The van der Waals surface area contributed by atoms with Gasteiger partial charge in [0.2, 0.25) is 5.91 Å². The highest BCUT2D eigenvalue weighted by Gasteiger charge is 2.25. The smallest absolute Gasteiger partial charge is 0.237 e. The van der Waals surface area contributed by atoms with Crippen molar-refractivity contribution in [2.45, 2.75) is 51.5 Å². The van der Waals surface area contributed by atoms with Gasteiger partial charge in [0, 0.05) is 6.54 Å². The van der Waals surface area contributed by atoms with E-state index < -0.39 is 0 Å². The predicted octanol–water partition coefficient (Wildman–Crippen LogP) is 1.61. The Morgan fingerprint density at radius 3 is 2.70 bits per heavy atom. The highest BCUT2D eigenvalue weighted by Crippen LogP contribution is 2.20. The predicted molar refractivity (Wildman–Crippen MR) is 82.7 cm³/mol. The van der Waals surface area contributed by atoms with Crippen molar-refractivity contribution in [3.63, 3.8) is 0 Å². The third-order valence-corrected chi connectivity index (χ3v) is 5.10. The fourth-order valence-corrected chi connectivity index (χ4v) is 3.44. The SMILES string of the molecule is CCC1CCNC(C(=O)NCCC2CCN(C)CC2)C1. The number of hydrogen-bond acceptors (Lipinski definition) is 3. The fourth-order valence-electron chi connectivity index (χ4n) is 3.44. The molecule has 20 heavy (non-hydrogen) atoms. The molecule has 2 atom stereocenters. The summed E-state index contributed by atoms with van der Waals surface area (Å²) < 4.78 is 0. The molecule has 2 N–H and O–H groups in total. The van der Waals surface area contributed by atoms with Crippen molar-refractivity contribution in [2.24, 2.45) is 11.8 Å². The summed E-state index contributed by atoms with van der Waals surface area (Å²) >= 11 is 0. The second-order valence-electron chi connectivity index (χ2n) is 6.63. The van der Waals surface area contributed by atoms with Gasteiger partial charge in [-0.05, 0) is 70.6 Å². The van der Waals surface area contributed by atoms with Crippen LogP contribution in [0.25, 0.3) is 0 Å². The zero-order valence-electron chi connectivity index (χ0n) is 13.2. The molecule has 0 aromatic heterocycles. The molecule has 0 aromatic carbocycles. The van der Waals surface area contributed by atoms with Crippen LogP contribution in [0.3, 0.4) is 0 Å². The third kappa shape index (κ3) is 4.74. The number of carbonyl (C=O) groups is 1. The summed E-state index contributed by atoms with van der Waals surface area (Å²) in [5, 5.41) is 6.50. The van der Waals surface area contributed by atoms with Gasteiger partial charge < -0.3 is 15.5 Å². The summed E-state index contributed by atoms with van der Waals surface area (Å²) in [4.78, 5) is 14.6. The Morgan fingerprint density at radius 1 is 1.25 bits per heavy atom. The van der Waals surface area contributed by atoms with Crippen molar-refractivity contribution >= 4 is 5.91 Å². The van der Waals surface area contributed by atoms with Crippen molar-refractivity contribution in [1.82, 2.24) is 15.5 Å². The standard InChI is InChI=1S/C16H31N3O/c1-3-13-4-8-17-15(12-13)16(20)18-9-5-14-6-10-19(2)11-7-14/h13-15,17H,3-12H2,1-2H3,(H,18,20). The van der Waals surface area contributed by atoms with Crippen molar-refractivity contribution in [2.75, 3.05) is 33.2 Å². The number of nitrogens with one attached hydrogen (secondary N) is 2. The molecule has 4 nitrogen and oxygen atoms in total. The van der Waals surface area contributed by atoms with Crippen molar-refractivity contribution < 1.29 is 4.79 Å². The average molecular weight is 281 g/mol. The molecule has 116 valence electrons. The zero-order chi connectivity index (χ0) is 14.4. The maximum absolute atomic E-state index is 12.2. The van der Waals surface area contributed by atoms with Crippen LogP contribution in [0.5, 0.6) is 0 Å². The number of carbonyl (C=O) groups excluding carboxylic acids is 1. The minimum atomic E-state index is 0.0474. The maximum atomic E-state index is 12.2. The van der Waals surface area contributed by atoms with Gasteiger partial charge in [-0.2, -0.15) is 0 Å². The van der Waals surface area contributed by atoms with E-state index in [0.29, 0.717) is 0 Å². The van der Waals surface area contributed by atoms with E-state index in [4.69, 9.17) is 0 Å². The van der Waals surface area contributed by atoms with E-state index in [1.807, 2.05) is 0 Å². The first-order valence-electron chi connectivity index (χ1n) is 8.38. The van der Waals surface area contributed by atoms with Crippen LogP contribution in [0, 0.1) is 11.8 Å². The normalized spacial score (nSPS) is 29.3. The van der Waals surface area contributed by atoms with Gasteiger partial charge in [-0.1, -0.05) is 13.3 Å². The molecule has 0 aromatic rings. The van der Waals surface area contributed by atoms with E-state index in [1.54, 1.807) is 0 Å². The topological polar surface area (TPSA) is 44.4 Å². The second-order valence-corrected chi connectivity index (χ2v) is 6.63. The van der Waals surface area contributed by atoms with Crippen molar-refractivity contribution in [1.29, 1.82) is 0 Å². The lowest BCUT2D eigenvalue weighted by atomic mass is 9.90. The summed E-state index contributed by atoms with van der Waals surface area (Å²) in [5.41, 5.74) is 0. The molecule has 0 radical (unpaired) electrons. The molecule has 4 heteroatoms. The Kier molecular flexibility index (Phi) is 6.30. The first-order valence-corrected chi connectivity index (χ1v) is 8.38. The van der Waals surface area contributed by atoms with E-state index in [9.17, 15) is 4.79 Å². The molecule has 2 aliphatic heterocycles. The molecule has 0 saturated carbocycles. The van der Waals surface area contributed by atoms with E-state index in [2.05, 4.69) is 29.5 Å². The van der Waals surface area contributed by atoms with Crippen LogP contribution in [0.15, 0.2) is 0 Å². The largest absolute Gasteiger partial charge is 0.355 e. The van der Waals surface area contributed by atoms with Crippen LogP contribution in [0.4, 0.5) is 0 Å². The molecule has 2 rings (SSSR count). The van der Waals surface area contributed by atoms with E-state index in [-0.39, 0.29) is 11.9 Å². The molecular weight excluding hydrogens is 250 g/mol. The molecule has 2 saturated heterocycles. The Bertz CT molecular complexity index is 300. The first kappa shape index (κ1) is 15.8. The van der Waals surface area contributed by atoms with Gasteiger partial charge in [0.15, 0.2) is 0 Å². The van der Waals surface area contributed by atoms with Gasteiger partial charge in [0.1, 0.15) is 0 Å². The highest BCUT2D eigenvalue weighted by molar-refractivity contribution is 5.81. The van der Waals surface area contributed by atoms with Gasteiger partial charge in [-0.15, -0.1) is 0 Å². The van der Waals surface area contributed by atoms with Crippen LogP contribution in [-0.2, 0) is 4.79 Å². The molecule has 1 amide bonds. The molecule has 0 aliphatic carbocycles. The van der Waals surface area contributed by atoms with Gasteiger partial charge in [0.25, 0.3) is 0 Å². The molecule has 2 aliphatic rings. The third-order valence-electron chi connectivity index (χ3n) is 5.10. The fraction of sp³-hybridized carbons (Fsp3) is 0.938. The van der Waals surface area contributed by atoms with Crippen molar-refractivity contribution in [3.8, 4) is 0 Å². The highest BCUT2D eigenvalue weighted by atomic mass is 16.2. The lowest BCUT2D eigenvalue weighted by molar-refractivity contribution is -0.124. The summed E-state index contributed by atoms with van der Waals surface area (Å²) in [6, 6.07) is 0.0474. The number of amides is 1. The number of likely N-dealkylation sites (tertiary alicyclic amines) is 1. The van der Waals surface area contributed by atoms with Gasteiger partial charge >= 0.3 is 0 Å². The molecule has 2 heterocycles. The Labute approximate surface area is 123 Å². The summed E-state index contributed by atoms with van der Waals surface area (Å²) in [5.74, 6) is 1.74. The van der Waals surface area contributed by atoms with Crippen LogP contribution in [-0.4, -0.2) is 50.1 Å². The Hall–Kier alpha value is -0.610.